The van der Waals surface area contributed by atoms with Crippen molar-refractivity contribution in [2.24, 2.45) is 0 Å². The van der Waals surface area contributed by atoms with Crippen LogP contribution in [0, 0.1) is 0 Å². The van der Waals surface area contributed by atoms with Crippen LogP contribution in [0.4, 0.5) is 0 Å². The number of carbonyl (C=O) groups excluding carboxylic acids is 1. The van der Waals surface area contributed by atoms with Crippen LogP contribution in [-0.2, 0) is 16.1 Å². The van der Waals surface area contributed by atoms with Crippen molar-refractivity contribution in [1.29, 1.82) is 0 Å². The Kier molecular flexibility index (Phi) is 3.43. The molecule has 18 heavy (non-hydrogen) atoms. The van der Waals surface area contributed by atoms with Gasteiger partial charge in [-0.2, -0.15) is 5.10 Å². The summed E-state index contributed by atoms with van der Waals surface area (Å²) in [6, 6.07) is 5.82. The average molecular weight is 311 g/mol. The predicted octanol–water partition coefficient (Wildman–Crippen LogP) is 3.14. The largest absolute Gasteiger partial charge is 0.459 e. The second-order valence-corrected chi connectivity index (χ2v) is 6.01. The quantitative estimate of drug-likeness (QED) is 0.800. The molecule has 0 bridgehead atoms. The summed E-state index contributed by atoms with van der Waals surface area (Å²) in [5, 5.41) is 5.19. The number of hydrogen-bond acceptors (Lipinski definition) is 3. The van der Waals surface area contributed by atoms with Gasteiger partial charge in [-0.25, -0.2) is 0 Å². The van der Waals surface area contributed by atoms with Crippen LogP contribution in [0.15, 0.2) is 28.9 Å². The molecular formula is C13H15BrN2O2. The molecule has 2 aromatic rings. The minimum atomic E-state index is -0.469. The molecule has 2 rings (SSSR count). The standard InChI is InChI=1S/C13H15BrN2O2/c1-13(2,3)18-12(17)8-16-11-5-4-10(14)6-9(11)7-15-16/h4-7H,8H2,1-3H3. The Bertz CT molecular complexity index is 584. The molecule has 4 nitrogen and oxygen atoms in total. The number of nitrogens with zero attached hydrogens (tertiary/aromatic N) is 2. The summed E-state index contributed by atoms with van der Waals surface area (Å²) in [5.74, 6) is -0.282. The first-order chi connectivity index (χ1) is 8.35. The first-order valence-electron chi connectivity index (χ1n) is 5.68. The average Bonchev–Trinajstić information content (AvgIpc) is 2.57. The summed E-state index contributed by atoms with van der Waals surface area (Å²) >= 11 is 3.40. The number of esters is 1. The van der Waals surface area contributed by atoms with Gasteiger partial charge >= 0.3 is 5.97 Å². The van der Waals surface area contributed by atoms with Crippen molar-refractivity contribution in [3.63, 3.8) is 0 Å². The number of halogens is 1. The normalized spacial score (nSPS) is 11.8. The first-order valence-corrected chi connectivity index (χ1v) is 6.47. The molecule has 0 aliphatic rings. The molecule has 1 aromatic carbocycles. The van der Waals surface area contributed by atoms with Crippen LogP contribution < -0.4 is 0 Å². The zero-order valence-electron chi connectivity index (χ0n) is 10.6. The number of ether oxygens (including phenoxy) is 1. The van der Waals surface area contributed by atoms with Gasteiger partial charge in [0.1, 0.15) is 12.1 Å². The Labute approximate surface area is 114 Å². The second-order valence-electron chi connectivity index (χ2n) is 5.09. The summed E-state index contributed by atoms with van der Waals surface area (Å²) in [4.78, 5) is 11.7. The van der Waals surface area contributed by atoms with Gasteiger partial charge in [0.15, 0.2) is 0 Å². The molecule has 96 valence electrons. The van der Waals surface area contributed by atoms with E-state index in [0.29, 0.717) is 0 Å². The number of hydrogen-bond donors (Lipinski definition) is 0. The monoisotopic (exact) mass is 310 g/mol. The lowest BCUT2D eigenvalue weighted by atomic mass is 10.2. The minimum Gasteiger partial charge on any atom is -0.459 e. The van der Waals surface area contributed by atoms with E-state index < -0.39 is 5.60 Å². The highest BCUT2D eigenvalue weighted by molar-refractivity contribution is 9.10. The Morgan fingerprint density at radius 2 is 2.17 bits per heavy atom. The van der Waals surface area contributed by atoms with E-state index in [1.165, 1.54) is 0 Å². The zero-order valence-corrected chi connectivity index (χ0v) is 12.2. The fraction of sp³-hybridized carbons (Fsp3) is 0.385. The smallest absolute Gasteiger partial charge is 0.328 e. The number of aromatic nitrogens is 2. The highest BCUT2D eigenvalue weighted by atomic mass is 79.9. The van der Waals surface area contributed by atoms with E-state index in [9.17, 15) is 4.79 Å². The van der Waals surface area contributed by atoms with Crippen LogP contribution in [-0.4, -0.2) is 21.4 Å². The van der Waals surface area contributed by atoms with Crippen LogP contribution >= 0.6 is 15.9 Å². The Morgan fingerprint density at radius 1 is 1.44 bits per heavy atom. The Hall–Kier alpha value is -1.36. The van der Waals surface area contributed by atoms with Crippen molar-refractivity contribution < 1.29 is 9.53 Å². The van der Waals surface area contributed by atoms with Crippen LogP contribution in [0.5, 0.6) is 0 Å². The molecule has 0 saturated carbocycles. The predicted molar refractivity (Wildman–Crippen MR) is 73.3 cm³/mol. The summed E-state index contributed by atoms with van der Waals surface area (Å²) in [7, 11) is 0. The van der Waals surface area contributed by atoms with Crippen LogP contribution in [0.2, 0.25) is 0 Å². The minimum absolute atomic E-state index is 0.127. The van der Waals surface area contributed by atoms with Gasteiger partial charge in [0, 0.05) is 9.86 Å². The van der Waals surface area contributed by atoms with Crippen LogP contribution in [0.3, 0.4) is 0 Å². The van der Waals surface area contributed by atoms with E-state index in [1.807, 2.05) is 39.0 Å². The van der Waals surface area contributed by atoms with Gasteiger partial charge in [-0.3, -0.25) is 9.48 Å². The second kappa shape index (κ2) is 4.72. The number of benzene rings is 1. The molecule has 5 heteroatoms. The van der Waals surface area contributed by atoms with Gasteiger partial charge in [-0.1, -0.05) is 15.9 Å². The van der Waals surface area contributed by atoms with Gasteiger partial charge in [-0.05, 0) is 39.0 Å². The summed E-state index contributed by atoms with van der Waals surface area (Å²) in [6.07, 6.45) is 1.74. The van der Waals surface area contributed by atoms with Crippen molar-refractivity contribution in [1.82, 2.24) is 9.78 Å². The first kappa shape index (κ1) is 13.1. The molecule has 0 saturated heterocycles. The highest BCUT2D eigenvalue weighted by Gasteiger charge is 2.17. The van der Waals surface area contributed by atoms with Crippen molar-refractivity contribution in [3.05, 3.63) is 28.9 Å². The summed E-state index contributed by atoms with van der Waals surface area (Å²) in [5.41, 5.74) is 0.451. The third-order valence-corrected chi connectivity index (χ3v) is 2.80. The van der Waals surface area contributed by atoms with Gasteiger partial charge in [0.2, 0.25) is 0 Å². The van der Waals surface area contributed by atoms with E-state index in [4.69, 9.17) is 4.74 Å². The molecule has 1 aromatic heterocycles. The molecule has 0 fully saturated rings. The maximum atomic E-state index is 11.7. The molecule has 0 aliphatic heterocycles. The molecule has 0 radical (unpaired) electrons. The third-order valence-electron chi connectivity index (χ3n) is 2.30. The van der Waals surface area contributed by atoms with E-state index in [2.05, 4.69) is 21.0 Å². The van der Waals surface area contributed by atoms with E-state index in [-0.39, 0.29) is 12.5 Å². The fourth-order valence-corrected chi connectivity index (χ4v) is 2.06. The van der Waals surface area contributed by atoms with E-state index >= 15 is 0 Å². The molecule has 0 N–H and O–H groups in total. The highest BCUT2D eigenvalue weighted by Crippen LogP contribution is 2.19. The molecule has 0 aliphatic carbocycles. The van der Waals surface area contributed by atoms with Crippen LogP contribution in [0.1, 0.15) is 20.8 Å². The third kappa shape index (κ3) is 3.10. The van der Waals surface area contributed by atoms with E-state index in [1.54, 1.807) is 10.9 Å². The lowest BCUT2D eigenvalue weighted by Gasteiger charge is -2.19. The lowest BCUT2D eigenvalue weighted by molar-refractivity contribution is -0.155. The van der Waals surface area contributed by atoms with Gasteiger partial charge in [0.25, 0.3) is 0 Å². The maximum Gasteiger partial charge on any atom is 0.328 e. The lowest BCUT2D eigenvalue weighted by Crippen LogP contribution is -2.26. The molecule has 0 spiro atoms. The molecule has 0 unspecified atom stereocenters. The number of carbonyl (C=O) groups is 1. The molecule has 0 amide bonds. The van der Waals surface area contributed by atoms with Crippen LogP contribution in [0.25, 0.3) is 10.9 Å². The maximum absolute atomic E-state index is 11.7. The van der Waals surface area contributed by atoms with Crippen molar-refractivity contribution in [2.75, 3.05) is 0 Å². The Morgan fingerprint density at radius 3 is 2.83 bits per heavy atom. The zero-order chi connectivity index (χ0) is 13.3. The van der Waals surface area contributed by atoms with Gasteiger partial charge in [-0.15, -0.1) is 0 Å². The summed E-state index contributed by atoms with van der Waals surface area (Å²) in [6.45, 7) is 5.68. The topological polar surface area (TPSA) is 44.1 Å². The summed E-state index contributed by atoms with van der Waals surface area (Å²) < 4.78 is 7.92. The molecular weight excluding hydrogens is 296 g/mol. The van der Waals surface area contributed by atoms with Crippen molar-refractivity contribution in [2.45, 2.75) is 32.9 Å². The van der Waals surface area contributed by atoms with Gasteiger partial charge < -0.3 is 4.74 Å². The van der Waals surface area contributed by atoms with Crippen molar-refractivity contribution in [3.8, 4) is 0 Å². The SMILES string of the molecule is CC(C)(C)OC(=O)Cn1ncc2cc(Br)ccc21. The molecule has 1 heterocycles. The fourth-order valence-electron chi connectivity index (χ4n) is 1.68. The van der Waals surface area contributed by atoms with E-state index in [0.717, 1.165) is 15.4 Å². The van der Waals surface area contributed by atoms with Crippen molar-refractivity contribution >= 4 is 32.8 Å². The number of rotatable bonds is 2. The Balaban J connectivity index is 2.20. The number of fused-ring (bicyclic) bond motifs is 1. The molecule has 0 atom stereocenters. The van der Waals surface area contributed by atoms with Gasteiger partial charge in [0.05, 0.1) is 11.7 Å².